The fraction of sp³-hybridized carbons (Fsp3) is 0.304. The van der Waals surface area contributed by atoms with Crippen LogP contribution in [0.15, 0.2) is 54.7 Å². The number of carboxylic acids is 1. The summed E-state index contributed by atoms with van der Waals surface area (Å²) >= 11 is 0. The Hall–Kier alpha value is -2.92. The zero-order chi connectivity index (χ0) is 19.7. The molecule has 5 nitrogen and oxygen atoms in total. The van der Waals surface area contributed by atoms with Gasteiger partial charge in [0.25, 0.3) is 0 Å². The van der Waals surface area contributed by atoms with Crippen LogP contribution in [0.5, 0.6) is 0 Å². The molecule has 3 aromatic rings. The minimum absolute atomic E-state index is 0.245. The van der Waals surface area contributed by atoms with Crippen LogP contribution >= 0.6 is 0 Å². The van der Waals surface area contributed by atoms with Gasteiger partial charge in [-0.15, -0.1) is 0 Å². The predicted octanol–water partition coefficient (Wildman–Crippen LogP) is 3.73. The van der Waals surface area contributed by atoms with Gasteiger partial charge in [0, 0.05) is 37.0 Å². The van der Waals surface area contributed by atoms with E-state index in [0.29, 0.717) is 13.1 Å². The van der Waals surface area contributed by atoms with Crippen molar-refractivity contribution in [1.29, 1.82) is 0 Å². The van der Waals surface area contributed by atoms with Crippen LogP contribution in [0, 0.1) is 19.8 Å². The largest absolute Gasteiger partial charge is 0.481 e. The first kappa shape index (κ1) is 18.4. The highest BCUT2D eigenvalue weighted by atomic mass is 16.4. The minimum atomic E-state index is -0.704. The number of nitrogens with zero attached hydrogens (tertiary/aromatic N) is 3. The Morgan fingerprint density at radius 1 is 1.00 bits per heavy atom. The van der Waals surface area contributed by atoms with Gasteiger partial charge in [-0.2, -0.15) is 5.10 Å². The Balaban J connectivity index is 1.59. The molecule has 0 atom stereocenters. The Labute approximate surface area is 165 Å². The van der Waals surface area contributed by atoms with Gasteiger partial charge in [0.05, 0.1) is 18.2 Å². The van der Waals surface area contributed by atoms with Crippen LogP contribution in [0.3, 0.4) is 0 Å². The molecule has 28 heavy (non-hydrogen) atoms. The van der Waals surface area contributed by atoms with Crippen molar-refractivity contribution in [2.45, 2.75) is 26.9 Å². The van der Waals surface area contributed by atoms with Gasteiger partial charge in [-0.05, 0) is 19.4 Å². The summed E-state index contributed by atoms with van der Waals surface area (Å²) in [5.41, 5.74) is 6.89. The molecule has 5 heteroatoms. The zero-order valence-corrected chi connectivity index (χ0v) is 16.3. The van der Waals surface area contributed by atoms with E-state index in [1.807, 2.05) is 4.68 Å². The maximum absolute atomic E-state index is 11.1. The Bertz CT molecular complexity index is 968. The molecule has 4 rings (SSSR count). The quantitative estimate of drug-likeness (QED) is 0.713. The van der Waals surface area contributed by atoms with E-state index in [0.717, 1.165) is 29.9 Å². The summed E-state index contributed by atoms with van der Waals surface area (Å²) in [7, 11) is 0. The number of carbonyl (C=O) groups is 1. The number of benzene rings is 2. The van der Waals surface area contributed by atoms with Crippen molar-refractivity contribution < 1.29 is 9.90 Å². The second-order valence-electron chi connectivity index (χ2n) is 7.78. The minimum Gasteiger partial charge on any atom is -0.481 e. The molecule has 0 amide bonds. The maximum Gasteiger partial charge on any atom is 0.309 e. The van der Waals surface area contributed by atoms with Crippen molar-refractivity contribution in [2.75, 3.05) is 13.1 Å². The number of likely N-dealkylation sites (tertiary alicyclic amines) is 1. The van der Waals surface area contributed by atoms with Crippen molar-refractivity contribution in [3.05, 3.63) is 77.0 Å². The number of hydrogen-bond donors (Lipinski definition) is 1. The number of aliphatic carboxylic acids is 1. The van der Waals surface area contributed by atoms with E-state index in [-0.39, 0.29) is 5.92 Å². The van der Waals surface area contributed by atoms with Crippen LogP contribution < -0.4 is 0 Å². The molecule has 0 saturated carbocycles. The molecular formula is C23H25N3O2. The van der Waals surface area contributed by atoms with Crippen molar-refractivity contribution >= 4 is 5.97 Å². The second-order valence-corrected chi connectivity index (χ2v) is 7.78. The summed E-state index contributed by atoms with van der Waals surface area (Å²) < 4.78 is 1.99. The third-order valence-electron chi connectivity index (χ3n) is 5.33. The van der Waals surface area contributed by atoms with Crippen LogP contribution in [-0.2, 0) is 17.9 Å². The standard InChI is InChI=1S/C23H25N3O2/c1-16-3-7-18(8-4-16)11-26-15-20(12-25-13-21(14-25)23(27)28)22(24-26)19-9-5-17(2)6-10-19/h3-10,15,21H,11-14H2,1-2H3,(H,27,28). The van der Waals surface area contributed by atoms with Gasteiger partial charge in [-0.3, -0.25) is 14.4 Å². The fourth-order valence-electron chi connectivity index (χ4n) is 3.59. The SMILES string of the molecule is Cc1ccc(Cn2cc(CN3CC(C(=O)O)C3)c(-c3ccc(C)cc3)n2)cc1. The summed E-state index contributed by atoms with van der Waals surface area (Å²) in [6.07, 6.45) is 2.10. The lowest BCUT2D eigenvalue weighted by molar-refractivity contribution is -0.147. The van der Waals surface area contributed by atoms with Gasteiger partial charge in [0.1, 0.15) is 0 Å². The normalized spacial score (nSPS) is 14.8. The monoisotopic (exact) mass is 375 g/mol. The van der Waals surface area contributed by atoms with E-state index in [4.69, 9.17) is 10.2 Å². The van der Waals surface area contributed by atoms with Gasteiger partial charge in [0.15, 0.2) is 0 Å². The molecule has 1 aliphatic heterocycles. The third kappa shape index (κ3) is 3.99. The number of carboxylic acid groups (broad SMARTS) is 1. The molecule has 144 valence electrons. The van der Waals surface area contributed by atoms with Gasteiger partial charge in [-0.25, -0.2) is 0 Å². The Kier molecular flexibility index (Phi) is 5.01. The van der Waals surface area contributed by atoms with Gasteiger partial charge < -0.3 is 5.11 Å². The molecule has 2 aromatic carbocycles. The van der Waals surface area contributed by atoms with Crippen molar-refractivity contribution in [2.24, 2.45) is 5.92 Å². The molecule has 0 bridgehead atoms. The van der Waals surface area contributed by atoms with E-state index in [1.165, 1.54) is 16.7 Å². The second kappa shape index (κ2) is 7.60. The predicted molar refractivity (Wildman–Crippen MR) is 109 cm³/mol. The van der Waals surface area contributed by atoms with Crippen molar-refractivity contribution in [3.8, 4) is 11.3 Å². The van der Waals surface area contributed by atoms with E-state index in [9.17, 15) is 4.79 Å². The number of hydrogen-bond acceptors (Lipinski definition) is 3. The van der Waals surface area contributed by atoms with Gasteiger partial charge in [-0.1, -0.05) is 59.7 Å². The Morgan fingerprint density at radius 2 is 1.61 bits per heavy atom. The maximum atomic E-state index is 11.1. The van der Waals surface area contributed by atoms with Crippen molar-refractivity contribution in [3.63, 3.8) is 0 Å². The van der Waals surface area contributed by atoms with E-state index in [2.05, 4.69) is 73.5 Å². The number of aryl methyl sites for hydroxylation is 2. The summed E-state index contributed by atoms with van der Waals surface area (Å²) in [4.78, 5) is 13.3. The lowest BCUT2D eigenvalue weighted by atomic mass is 9.99. The van der Waals surface area contributed by atoms with Crippen LogP contribution in [0.4, 0.5) is 0 Å². The first-order valence-electron chi connectivity index (χ1n) is 9.62. The molecule has 1 N–H and O–H groups in total. The molecule has 0 spiro atoms. The summed E-state index contributed by atoms with van der Waals surface area (Å²) in [5.74, 6) is -0.949. The first-order valence-corrected chi connectivity index (χ1v) is 9.62. The molecule has 0 aliphatic carbocycles. The van der Waals surface area contributed by atoms with Gasteiger partial charge in [0.2, 0.25) is 0 Å². The molecule has 2 heterocycles. The topological polar surface area (TPSA) is 58.4 Å². The summed E-state index contributed by atoms with van der Waals surface area (Å²) in [5, 5.41) is 14.0. The third-order valence-corrected chi connectivity index (χ3v) is 5.33. The highest BCUT2D eigenvalue weighted by Gasteiger charge is 2.33. The van der Waals surface area contributed by atoms with Crippen LogP contribution in [-0.4, -0.2) is 38.8 Å². The highest BCUT2D eigenvalue weighted by molar-refractivity contribution is 5.71. The van der Waals surface area contributed by atoms with E-state index < -0.39 is 5.97 Å². The molecule has 1 aromatic heterocycles. The van der Waals surface area contributed by atoms with Crippen LogP contribution in [0.25, 0.3) is 11.3 Å². The average Bonchev–Trinajstić information content (AvgIpc) is 3.02. The number of aromatic nitrogens is 2. The van der Waals surface area contributed by atoms with Crippen LogP contribution in [0.2, 0.25) is 0 Å². The lowest BCUT2D eigenvalue weighted by Crippen LogP contribution is -2.49. The smallest absolute Gasteiger partial charge is 0.309 e. The van der Waals surface area contributed by atoms with E-state index >= 15 is 0 Å². The molecular weight excluding hydrogens is 350 g/mol. The van der Waals surface area contributed by atoms with Crippen molar-refractivity contribution in [1.82, 2.24) is 14.7 Å². The zero-order valence-electron chi connectivity index (χ0n) is 16.3. The van der Waals surface area contributed by atoms with E-state index in [1.54, 1.807) is 0 Å². The highest BCUT2D eigenvalue weighted by Crippen LogP contribution is 2.27. The summed E-state index contributed by atoms with van der Waals surface area (Å²) in [6.45, 7) is 6.81. The molecule has 0 unspecified atom stereocenters. The summed E-state index contributed by atoms with van der Waals surface area (Å²) in [6, 6.07) is 16.9. The molecule has 1 saturated heterocycles. The molecule has 1 fully saturated rings. The molecule has 1 aliphatic rings. The average molecular weight is 375 g/mol. The fourth-order valence-corrected chi connectivity index (χ4v) is 3.59. The molecule has 0 radical (unpaired) electrons. The lowest BCUT2D eigenvalue weighted by Gasteiger charge is -2.36. The number of rotatable bonds is 6. The Morgan fingerprint density at radius 3 is 2.21 bits per heavy atom. The van der Waals surface area contributed by atoms with Crippen LogP contribution in [0.1, 0.15) is 22.3 Å². The van der Waals surface area contributed by atoms with Gasteiger partial charge >= 0.3 is 5.97 Å². The first-order chi connectivity index (χ1) is 13.5.